The molecule has 0 unspecified atom stereocenters. The van der Waals surface area contributed by atoms with Crippen molar-refractivity contribution >= 4 is 57.5 Å². The minimum absolute atomic E-state index is 0.0718. The Morgan fingerprint density at radius 1 is 1.00 bits per heavy atom. The third-order valence-electron chi connectivity index (χ3n) is 9.67. The molecular weight excluding hydrogens is 676 g/mol. The van der Waals surface area contributed by atoms with E-state index in [2.05, 4.69) is 62.7 Å². The molecule has 2 N–H and O–H groups in total. The second-order valence-corrected chi connectivity index (χ2v) is 14.0. The van der Waals surface area contributed by atoms with E-state index < -0.39 is 11.7 Å². The summed E-state index contributed by atoms with van der Waals surface area (Å²) in [7, 11) is 2.14. The second-order valence-electron chi connectivity index (χ2n) is 13.2. The van der Waals surface area contributed by atoms with Crippen molar-refractivity contribution in [3.8, 4) is 6.07 Å². The number of nitrogens with one attached hydrogen (secondary N) is 2. The quantitative estimate of drug-likeness (QED) is 0.164. The SMILES string of the molecule is CCc1cc(Nc2ncc(C#N)c(Nc3ccc4nccnc4c3N(SC)C(C)C)n2)c(C(F)(F)F)cc1N1CCC(N2CCN(C)CC2)CC1. The molecule has 11 nitrogen and oxygen atoms in total. The monoisotopic (exact) mass is 719 g/mol. The van der Waals surface area contributed by atoms with Crippen LogP contribution in [-0.4, -0.2) is 94.4 Å². The Hall–Kier alpha value is -4.39. The first-order valence-corrected chi connectivity index (χ1v) is 18.5. The zero-order chi connectivity index (χ0) is 36.3. The zero-order valence-electron chi connectivity index (χ0n) is 29.6. The molecule has 0 amide bonds. The van der Waals surface area contributed by atoms with Crippen molar-refractivity contribution in [1.29, 1.82) is 5.26 Å². The van der Waals surface area contributed by atoms with Crippen LogP contribution in [-0.2, 0) is 12.6 Å². The molecule has 51 heavy (non-hydrogen) atoms. The van der Waals surface area contributed by atoms with Gasteiger partial charge in [-0.2, -0.15) is 23.4 Å². The molecule has 15 heteroatoms. The lowest BCUT2D eigenvalue weighted by Gasteiger charge is -2.43. The van der Waals surface area contributed by atoms with Crippen molar-refractivity contribution in [2.45, 2.75) is 58.3 Å². The fourth-order valence-corrected chi connectivity index (χ4v) is 7.77. The largest absolute Gasteiger partial charge is 0.418 e. The van der Waals surface area contributed by atoms with Gasteiger partial charge in [0, 0.05) is 75.7 Å². The maximum atomic E-state index is 14.7. The Kier molecular flexibility index (Phi) is 11.0. The number of benzene rings is 2. The summed E-state index contributed by atoms with van der Waals surface area (Å²) < 4.78 is 46.2. The van der Waals surface area contributed by atoms with Gasteiger partial charge in [-0.25, -0.2) is 4.98 Å². The van der Waals surface area contributed by atoms with E-state index in [1.54, 1.807) is 18.5 Å². The summed E-state index contributed by atoms with van der Waals surface area (Å²) in [6, 6.07) is 9.11. The molecule has 270 valence electrons. The van der Waals surface area contributed by atoms with E-state index in [9.17, 15) is 18.4 Å². The van der Waals surface area contributed by atoms with E-state index in [1.165, 1.54) is 24.2 Å². The summed E-state index contributed by atoms with van der Waals surface area (Å²) in [6.45, 7) is 11.6. The Bertz CT molecular complexity index is 1880. The molecule has 2 saturated heterocycles. The highest BCUT2D eigenvalue weighted by Gasteiger charge is 2.36. The van der Waals surface area contributed by atoms with E-state index in [1.807, 2.05) is 39.2 Å². The van der Waals surface area contributed by atoms with Crippen LogP contribution in [0.3, 0.4) is 0 Å². The number of aryl methyl sites for hydroxylation is 1. The first-order valence-electron chi connectivity index (χ1n) is 17.3. The number of rotatable bonds is 10. The number of alkyl halides is 3. The van der Waals surface area contributed by atoms with Crippen LogP contribution in [0.4, 0.5) is 47.7 Å². The third kappa shape index (κ3) is 7.93. The van der Waals surface area contributed by atoms with Gasteiger partial charge in [-0.05, 0) is 70.0 Å². The number of piperidine rings is 1. The van der Waals surface area contributed by atoms with Crippen molar-refractivity contribution in [1.82, 2.24) is 29.7 Å². The van der Waals surface area contributed by atoms with Crippen LogP contribution in [0.25, 0.3) is 11.0 Å². The van der Waals surface area contributed by atoms with E-state index in [-0.39, 0.29) is 29.1 Å². The van der Waals surface area contributed by atoms with Crippen molar-refractivity contribution in [3.05, 3.63) is 59.5 Å². The van der Waals surface area contributed by atoms with Gasteiger partial charge in [-0.3, -0.25) is 14.9 Å². The molecule has 2 aliphatic heterocycles. The van der Waals surface area contributed by atoms with Gasteiger partial charge < -0.3 is 24.7 Å². The molecule has 0 radical (unpaired) electrons. The molecule has 2 aromatic carbocycles. The lowest BCUT2D eigenvalue weighted by atomic mass is 9.98. The molecule has 2 fully saturated rings. The predicted octanol–water partition coefficient (Wildman–Crippen LogP) is 7.07. The maximum absolute atomic E-state index is 14.7. The number of anilines is 6. The second kappa shape index (κ2) is 15.5. The van der Waals surface area contributed by atoms with Gasteiger partial charge in [0.1, 0.15) is 17.1 Å². The lowest BCUT2D eigenvalue weighted by Crippen LogP contribution is -2.52. The minimum atomic E-state index is -4.63. The summed E-state index contributed by atoms with van der Waals surface area (Å²) in [5, 5.41) is 16.1. The average Bonchev–Trinajstić information content (AvgIpc) is 3.12. The van der Waals surface area contributed by atoms with Crippen LogP contribution in [0.1, 0.15) is 50.3 Å². The number of likely N-dealkylation sites (N-methyl/N-ethyl adjacent to an activating group) is 1. The number of nitrogens with zero attached hydrogens (tertiary/aromatic N) is 9. The molecule has 0 atom stereocenters. The average molecular weight is 720 g/mol. The fraction of sp³-hybridized carbons (Fsp3) is 0.472. The number of hydrogen-bond donors (Lipinski definition) is 2. The highest BCUT2D eigenvalue weighted by Crippen LogP contribution is 2.42. The fourth-order valence-electron chi connectivity index (χ4n) is 6.98. The van der Waals surface area contributed by atoms with Crippen molar-refractivity contribution < 1.29 is 13.2 Å². The smallest absolute Gasteiger partial charge is 0.371 e. The van der Waals surface area contributed by atoms with Crippen LogP contribution >= 0.6 is 11.9 Å². The predicted molar refractivity (Wildman–Crippen MR) is 199 cm³/mol. The molecule has 4 heterocycles. The van der Waals surface area contributed by atoms with Gasteiger partial charge in [0.2, 0.25) is 5.95 Å². The summed E-state index contributed by atoms with van der Waals surface area (Å²) >= 11 is 1.51. The minimum Gasteiger partial charge on any atom is -0.371 e. The highest BCUT2D eigenvalue weighted by atomic mass is 32.2. The standard InChI is InChI=1S/C36H44F3N11S/c1-6-24-19-30(27(36(37,38)39)20-31(24)49-13-9-26(10-14-49)48-17-15-47(4)16-18-48)45-35-43-22-25(21-40)34(46-35)44-29-8-7-28-32(42-12-11-41-28)33(29)50(51-5)23(2)3/h7-8,11-12,19-20,22-23,26H,6,9-10,13-18H2,1-5H3,(H2,43,44,45,46). The summed E-state index contributed by atoms with van der Waals surface area (Å²) in [5.74, 6) is 0.0749. The van der Waals surface area contributed by atoms with Crippen LogP contribution in [0, 0.1) is 11.3 Å². The van der Waals surface area contributed by atoms with E-state index >= 15 is 0 Å². The van der Waals surface area contributed by atoms with Gasteiger partial charge in [-0.15, -0.1) is 0 Å². The van der Waals surface area contributed by atoms with Crippen molar-refractivity contribution in [2.75, 3.05) is 72.4 Å². The van der Waals surface area contributed by atoms with Gasteiger partial charge in [0.15, 0.2) is 5.82 Å². The maximum Gasteiger partial charge on any atom is 0.418 e. The van der Waals surface area contributed by atoms with Gasteiger partial charge >= 0.3 is 6.18 Å². The molecular formula is C36H44F3N11S. The van der Waals surface area contributed by atoms with Gasteiger partial charge in [0.05, 0.1) is 34.3 Å². The summed E-state index contributed by atoms with van der Waals surface area (Å²) in [6.07, 6.45) is 4.26. The Balaban J connectivity index is 1.30. The first kappa shape index (κ1) is 36.4. The Morgan fingerprint density at radius 2 is 1.73 bits per heavy atom. The number of hydrogen-bond acceptors (Lipinski definition) is 12. The normalized spacial score (nSPS) is 16.4. The molecule has 2 aromatic heterocycles. The third-order valence-corrected chi connectivity index (χ3v) is 10.7. The van der Waals surface area contributed by atoms with Crippen molar-refractivity contribution in [3.63, 3.8) is 0 Å². The molecule has 0 aliphatic carbocycles. The number of nitriles is 1. The molecule has 6 rings (SSSR count). The highest BCUT2D eigenvalue weighted by molar-refractivity contribution is 8.00. The Labute approximate surface area is 301 Å². The topological polar surface area (TPSA) is 112 Å². The Morgan fingerprint density at radius 3 is 2.37 bits per heavy atom. The molecule has 2 aliphatic rings. The van der Waals surface area contributed by atoms with Crippen LogP contribution < -0.4 is 19.8 Å². The van der Waals surface area contributed by atoms with Crippen LogP contribution in [0.2, 0.25) is 0 Å². The molecule has 0 bridgehead atoms. The van der Waals surface area contributed by atoms with E-state index in [4.69, 9.17) is 0 Å². The number of halogens is 3. The van der Waals surface area contributed by atoms with Gasteiger partial charge in [-0.1, -0.05) is 18.9 Å². The zero-order valence-corrected chi connectivity index (χ0v) is 30.4. The van der Waals surface area contributed by atoms with Crippen LogP contribution in [0.15, 0.2) is 42.9 Å². The summed E-state index contributed by atoms with van der Waals surface area (Å²) in [5.41, 5.74) is 3.33. The van der Waals surface area contributed by atoms with E-state index in [0.717, 1.165) is 50.3 Å². The van der Waals surface area contributed by atoms with E-state index in [0.29, 0.717) is 48.0 Å². The number of aromatic nitrogens is 4. The van der Waals surface area contributed by atoms with Crippen LogP contribution in [0.5, 0.6) is 0 Å². The number of piperazine rings is 1. The molecule has 0 saturated carbocycles. The molecule has 4 aromatic rings. The first-order chi connectivity index (χ1) is 24.5. The molecule has 0 spiro atoms. The number of fused-ring (bicyclic) bond motifs is 1. The summed E-state index contributed by atoms with van der Waals surface area (Å²) in [4.78, 5) is 24.8. The lowest BCUT2D eigenvalue weighted by molar-refractivity contribution is -0.136. The van der Waals surface area contributed by atoms with Crippen molar-refractivity contribution in [2.24, 2.45) is 0 Å². The van der Waals surface area contributed by atoms with Gasteiger partial charge in [0.25, 0.3) is 0 Å².